The fraction of sp³-hybridized carbons (Fsp3) is 0.375. The van der Waals surface area contributed by atoms with Crippen LogP contribution in [0.1, 0.15) is 43.9 Å². The summed E-state index contributed by atoms with van der Waals surface area (Å²) in [5, 5.41) is 19.4. The summed E-state index contributed by atoms with van der Waals surface area (Å²) in [7, 11) is -2.14. The Balaban J connectivity index is 1.80. The molecule has 1 heterocycles. The van der Waals surface area contributed by atoms with Gasteiger partial charge in [-0.3, -0.25) is 4.79 Å². The third kappa shape index (κ3) is 5.80. The Labute approximate surface area is 187 Å². The van der Waals surface area contributed by atoms with E-state index in [1.807, 2.05) is 18.2 Å². The number of nitrogens with zero attached hydrogens (tertiary/aromatic N) is 1. The number of benzene rings is 2. The highest BCUT2D eigenvalue weighted by molar-refractivity contribution is 7.39. The van der Waals surface area contributed by atoms with Crippen LogP contribution >= 0.6 is 8.03 Å². The molecule has 0 saturated heterocycles. The molecule has 170 valence electrons. The second-order valence-corrected chi connectivity index (χ2v) is 9.34. The predicted octanol–water partition coefficient (Wildman–Crippen LogP) is 5.42. The van der Waals surface area contributed by atoms with E-state index in [9.17, 15) is 18.9 Å². The first kappa shape index (κ1) is 24.1. The molecule has 0 radical (unpaired) electrons. The Morgan fingerprint density at radius 3 is 2.50 bits per heavy atom. The molecule has 1 unspecified atom stereocenters. The van der Waals surface area contributed by atoms with Gasteiger partial charge in [0.2, 0.25) is 6.16 Å². The molecule has 32 heavy (non-hydrogen) atoms. The Morgan fingerprint density at radius 2 is 1.84 bits per heavy atom. The number of aliphatic carboxylic acids is 1. The average Bonchev–Trinajstić information content (AvgIpc) is 3.05. The Morgan fingerprint density at radius 1 is 1.16 bits per heavy atom. The topological polar surface area (TPSA) is 88.8 Å². The van der Waals surface area contributed by atoms with Gasteiger partial charge in [0.15, 0.2) is 0 Å². The standard InChI is InChI=1S/C24H27FNO5P/c1-16(2)24-20-6-3-4-7-21(20)26(18-11-9-17(25)10-12-18)22(24)8-5-13-31-32(30)15-19(27)14-23(28)29/h3-4,6-7,9-12,16,19,27H,5,8,13-15H2,1-2H3/p+1/t19-/m0/s1. The molecule has 0 saturated carbocycles. The number of carboxylic acid groups (broad SMARTS) is 1. The van der Waals surface area contributed by atoms with Crippen molar-refractivity contribution in [2.45, 2.75) is 45.1 Å². The van der Waals surface area contributed by atoms with Crippen LogP contribution < -0.4 is 0 Å². The quantitative estimate of drug-likeness (QED) is 0.295. The molecule has 3 rings (SSSR count). The third-order valence-electron chi connectivity index (χ3n) is 5.24. The van der Waals surface area contributed by atoms with E-state index in [4.69, 9.17) is 9.63 Å². The summed E-state index contributed by atoms with van der Waals surface area (Å²) in [5.41, 5.74) is 4.22. The molecule has 0 fully saturated rings. The van der Waals surface area contributed by atoms with Crippen molar-refractivity contribution in [3.05, 3.63) is 65.6 Å². The van der Waals surface area contributed by atoms with Gasteiger partial charge in [-0.1, -0.05) is 32.0 Å². The van der Waals surface area contributed by atoms with Crippen LogP contribution in [0.3, 0.4) is 0 Å². The first-order valence-corrected chi connectivity index (χ1v) is 12.0. The average molecular weight is 460 g/mol. The molecule has 3 aromatic rings. The molecular weight excluding hydrogens is 432 g/mol. The lowest BCUT2D eigenvalue weighted by molar-refractivity contribution is -0.138. The van der Waals surface area contributed by atoms with E-state index < -0.39 is 26.5 Å². The van der Waals surface area contributed by atoms with Crippen LogP contribution in [0.25, 0.3) is 16.6 Å². The monoisotopic (exact) mass is 460 g/mol. The van der Waals surface area contributed by atoms with E-state index in [-0.39, 0.29) is 24.5 Å². The summed E-state index contributed by atoms with van der Waals surface area (Å²) < 4.78 is 33.0. The van der Waals surface area contributed by atoms with E-state index in [0.717, 1.165) is 22.3 Å². The van der Waals surface area contributed by atoms with Crippen molar-refractivity contribution in [2.75, 3.05) is 12.8 Å². The molecule has 0 spiro atoms. The maximum absolute atomic E-state index is 13.5. The zero-order chi connectivity index (χ0) is 23.3. The minimum Gasteiger partial charge on any atom is -0.481 e. The maximum atomic E-state index is 13.5. The van der Waals surface area contributed by atoms with Crippen LogP contribution in [-0.4, -0.2) is 39.6 Å². The maximum Gasteiger partial charge on any atom is 0.510 e. The summed E-state index contributed by atoms with van der Waals surface area (Å²) in [5.74, 6) is -1.17. The summed E-state index contributed by atoms with van der Waals surface area (Å²) >= 11 is 0. The number of carbonyl (C=O) groups is 1. The number of hydrogen-bond acceptors (Lipinski definition) is 4. The first-order valence-electron chi connectivity index (χ1n) is 10.6. The molecule has 2 N–H and O–H groups in total. The molecule has 0 aliphatic carbocycles. The molecular formula is C24H28FNO5P+. The van der Waals surface area contributed by atoms with Gasteiger partial charge in [-0.05, 0) is 59.2 Å². The fourth-order valence-electron chi connectivity index (χ4n) is 3.99. The van der Waals surface area contributed by atoms with E-state index in [1.54, 1.807) is 12.1 Å². The van der Waals surface area contributed by atoms with Crippen LogP contribution in [0.4, 0.5) is 4.39 Å². The Kier molecular flexibility index (Phi) is 8.13. The molecule has 0 amide bonds. The number of aliphatic hydroxyl groups is 1. The minimum absolute atomic E-state index is 0.200. The van der Waals surface area contributed by atoms with Gasteiger partial charge in [-0.15, -0.1) is 4.52 Å². The Bertz CT molecular complexity index is 1090. The number of rotatable bonds is 11. The van der Waals surface area contributed by atoms with E-state index in [2.05, 4.69) is 24.5 Å². The van der Waals surface area contributed by atoms with Crippen molar-refractivity contribution in [3.8, 4) is 5.69 Å². The lowest BCUT2D eigenvalue weighted by atomic mass is 9.97. The van der Waals surface area contributed by atoms with Gasteiger partial charge in [0, 0.05) is 16.8 Å². The molecule has 2 atom stereocenters. The number of carboxylic acids is 1. The summed E-state index contributed by atoms with van der Waals surface area (Å²) in [4.78, 5) is 10.6. The lowest BCUT2D eigenvalue weighted by Crippen LogP contribution is -2.15. The molecule has 8 heteroatoms. The third-order valence-corrected chi connectivity index (χ3v) is 6.43. The number of fused-ring (bicyclic) bond motifs is 1. The smallest absolute Gasteiger partial charge is 0.481 e. The van der Waals surface area contributed by atoms with Gasteiger partial charge < -0.3 is 14.8 Å². The van der Waals surface area contributed by atoms with Crippen molar-refractivity contribution in [1.82, 2.24) is 4.57 Å². The number of aromatic nitrogens is 1. The summed E-state index contributed by atoms with van der Waals surface area (Å²) in [6.07, 6.45) is -0.604. The minimum atomic E-state index is -2.14. The van der Waals surface area contributed by atoms with Crippen LogP contribution in [0.5, 0.6) is 0 Å². The lowest BCUT2D eigenvalue weighted by Gasteiger charge is -2.14. The summed E-state index contributed by atoms with van der Waals surface area (Å²) in [6.45, 7) is 4.49. The van der Waals surface area contributed by atoms with Crippen molar-refractivity contribution in [1.29, 1.82) is 0 Å². The van der Waals surface area contributed by atoms with E-state index >= 15 is 0 Å². The van der Waals surface area contributed by atoms with Gasteiger partial charge in [-0.25, -0.2) is 4.39 Å². The molecule has 0 aliphatic heterocycles. The van der Waals surface area contributed by atoms with Crippen molar-refractivity contribution < 1.29 is 28.5 Å². The molecule has 0 bridgehead atoms. The van der Waals surface area contributed by atoms with Crippen LogP contribution in [0, 0.1) is 5.82 Å². The second-order valence-electron chi connectivity index (χ2n) is 8.05. The normalized spacial score (nSPS) is 13.0. The molecule has 6 nitrogen and oxygen atoms in total. The van der Waals surface area contributed by atoms with Gasteiger partial charge in [0.05, 0.1) is 11.9 Å². The number of para-hydroxylation sites is 1. The van der Waals surface area contributed by atoms with Crippen molar-refractivity contribution >= 4 is 24.9 Å². The number of halogens is 1. The highest BCUT2D eigenvalue weighted by Crippen LogP contribution is 2.35. The van der Waals surface area contributed by atoms with Gasteiger partial charge in [0.1, 0.15) is 18.5 Å². The van der Waals surface area contributed by atoms with Gasteiger partial charge in [0.25, 0.3) is 0 Å². The van der Waals surface area contributed by atoms with E-state index in [1.165, 1.54) is 17.7 Å². The largest absolute Gasteiger partial charge is 0.510 e. The SMILES string of the molecule is CC(C)c1c(CCCO[P+](=O)C[C@@H](O)CC(=O)O)n(-c2ccc(F)cc2)c2ccccc12. The zero-order valence-corrected chi connectivity index (χ0v) is 19.1. The first-order chi connectivity index (χ1) is 15.3. The molecule has 1 aromatic heterocycles. The van der Waals surface area contributed by atoms with E-state index in [0.29, 0.717) is 12.8 Å². The highest BCUT2D eigenvalue weighted by atomic mass is 31.1. The van der Waals surface area contributed by atoms with Crippen LogP contribution in [0.2, 0.25) is 0 Å². The second kappa shape index (κ2) is 10.8. The number of hydrogen-bond donors (Lipinski definition) is 2. The van der Waals surface area contributed by atoms with Gasteiger partial charge in [-0.2, -0.15) is 0 Å². The van der Waals surface area contributed by atoms with Crippen LogP contribution in [0.15, 0.2) is 48.5 Å². The highest BCUT2D eigenvalue weighted by Gasteiger charge is 2.26. The van der Waals surface area contributed by atoms with Crippen molar-refractivity contribution in [3.63, 3.8) is 0 Å². The van der Waals surface area contributed by atoms with Crippen LogP contribution in [-0.2, 0) is 20.3 Å². The fourth-order valence-corrected chi connectivity index (χ4v) is 4.90. The molecule has 0 aliphatic rings. The summed E-state index contributed by atoms with van der Waals surface area (Å²) in [6, 6.07) is 14.5. The molecule has 2 aromatic carbocycles. The van der Waals surface area contributed by atoms with Gasteiger partial charge >= 0.3 is 14.0 Å². The predicted molar refractivity (Wildman–Crippen MR) is 122 cm³/mol. The zero-order valence-electron chi connectivity index (χ0n) is 18.2. The van der Waals surface area contributed by atoms with Crippen molar-refractivity contribution in [2.24, 2.45) is 0 Å². The Hall–Kier alpha value is -2.60. The number of aliphatic hydroxyl groups excluding tert-OH is 1.